The summed E-state index contributed by atoms with van der Waals surface area (Å²) in [6.45, 7) is 6.47. The molecule has 0 atom stereocenters. The Labute approximate surface area is 203 Å². The Morgan fingerprint density at radius 3 is 2.52 bits per heavy atom. The molecule has 33 heavy (non-hydrogen) atoms. The lowest BCUT2D eigenvalue weighted by atomic mass is 10.1. The van der Waals surface area contributed by atoms with Crippen LogP contribution in [0.3, 0.4) is 0 Å². The molecule has 1 fully saturated rings. The molecule has 1 aliphatic heterocycles. The highest BCUT2D eigenvalue weighted by molar-refractivity contribution is 6.33. The minimum absolute atomic E-state index is 0.697. The molecule has 0 amide bonds. The second kappa shape index (κ2) is 9.21. The van der Waals surface area contributed by atoms with Gasteiger partial charge in [0.1, 0.15) is 11.6 Å². The molecule has 0 radical (unpaired) electrons. The molecule has 5 rings (SSSR count). The average molecular weight is 482 g/mol. The van der Waals surface area contributed by atoms with Gasteiger partial charge in [0.2, 0.25) is 0 Å². The first kappa shape index (κ1) is 22.0. The molecule has 1 aliphatic rings. The highest BCUT2D eigenvalue weighted by Crippen LogP contribution is 2.32. The predicted molar refractivity (Wildman–Crippen MR) is 134 cm³/mol. The van der Waals surface area contributed by atoms with Gasteiger partial charge in [0.25, 0.3) is 0 Å². The topological polar surface area (TPSA) is 45.9 Å². The van der Waals surface area contributed by atoms with Gasteiger partial charge in [0.05, 0.1) is 13.3 Å². The molecule has 0 bridgehead atoms. The number of methoxy groups -OCH3 is 1. The largest absolute Gasteiger partial charge is 0.496 e. The van der Waals surface area contributed by atoms with Crippen LogP contribution in [0, 0.1) is 6.92 Å². The van der Waals surface area contributed by atoms with E-state index < -0.39 is 0 Å². The summed E-state index contributed by atoms with van der Waals surface area (Å²) in [5.74, 6) is 1.92. The van der Waals surface area contributed by atoms with Crippen LogP contribution in [0.4, 0.5) is 5.82 Å². The monoisotopic (exact) mass is 481 g/mol. The quantitative estimate of drug-likeness (QED) is 0.384. The summed E-state index contributed by atoms with van der Waals surface area (Å²) in [4.78, 5) is 9.58. The van der Waals surface area contributed by atoms with E-state index in [0.29, 0.717) is 5.02 Å². The van der Waals surface area contributed by atoms with E-state index in [2.05, 4.69) is 21.0 Å². The Bertz CT molecular complexity index is 1300. The molecule has 1 saturated heterocycles. The molecule has 2 aromatic heterocycles. The van der Waals surface area contributed by atoms with E-state index in [0.717, 1.165) is 77.3 Å². The number of rotatable bonds is 5. The highest BCUT2D eigenvalue weighted by Gasteiger charge is 2.22. The number of anilines is 1. The summed E-state index contributed by atoms with van der Waals surface area (Å²) < 4.78 is 7.45. The van der Waals surface area contributed by atoms with Gasteiger partial charge in [-0.1, -0.05) is 41.4 Å². The van der Waals surface area contributed by atoms with Crippen molar-refractivity contribution < 1.29 is 4.74 Å². The molecule has 6 nitrogen and oxygen atoms in total. The van der Waals surface area contributed by atoms with E-state index in [1.807, 2.05) is 60.1 Å². The van der Waals surface area contributed by atoms with E-state index in [1.54, 1.807) is 7.11 Å². The molecular weight excluding hydrogens is 457 g/mol. The van der Waals surface area contributed by atoms with Crippen molar-refractivity contribution in [1.82, 2.24) is 19.5 Å². The lowest BCUT2D eigenvalue weighted by Crippen LogP contribution is -2.46. The van der Waals surface area contributed by atoms with Crippen LogP contribution in [-0.4, -0.2) is 52.8 Å². The van der Waals surface area contributed by atoms with Gasteiger partial charge < -0.3 is 9.64 Å². The summed E-state index contributed by atoms with van der Waals surface area (Å²) in [6.07, 6.45) is 1.86. The number of hydrogen-bond acceptors (Lipinski definition) is 5. The van der Waals surface area contributed by atoms with Crippen molar-refractivity contribution >= 4 is 34.7 Å². The summed E-state index contributed by atoms with van der Waals surface area (Å²) >= 11 is 12.7. The first-order valence-electron chi connectivity index (χ1n) is 10.9. The Kier molecular flexibility index (Phi) is 6.15. The maximum Gasteiger partial charge on any atom is 0.165 e. The number of ether oxygens (including phenoxy) is 1. The molecule has 0 spiro atoms. The SMILES string of the molecule is COc1ccc(Cl)cc1CN1CCN(c2cc(C)nc3c(-c4ccccc4Cl)cnn23)CC1. The van der Waals surface area contributed by atoms with Gasteiger partial charge in [-0.15, -0.1) is 0 Å². The van der Waals surface area contributed by atoms with Crippen molar-refractivity contribution in [2.24, 2.45) is 0 Å². The zero-order chi connectivity index (χ0) is 22.9. The first-order valence-corrected chi connectivity index (χ1v) is 11.7. The van der Waals surface area contributed by atoms with Crippen molar-refractivity contribution in [2.75, 3.05) is 38.2 Å². The molecule has 0 N–H and O–H groups in total. The number of aryl methyl sites for hydroxylation is 1. The van der Waals surface area contributed by atoms with Crippen LogP contribution >= 0.6 is 23.2 Å². The average Bonchev–Trinajstić information content (AvgIpc) is 3.23. The van der Waals surface area contributed by atoms with Gasteiger partial charge in [-0.25, -0.2) is 4.98 Å². The van der Waals surface area contributed by atoms with Crippen LogP contribution in [0.2, 0.25) is 10.0 Å². The zero-order valence-corrected chi connectivity index (χ0v) is 20.1. The summed E-state index contributed by atoms with van der Waals surface area (Å²) in [6, 6.07) is 15.7. The standard InChI is InChI=1S/C25H25Cl2N5O/c1-17-13-24(32-25(29-17)21(15-28-32)20-5-3-4-6-22(20)27)31-11-9-30(10-12-31)16-18-14-19(26)7-8-23(18)33-2/h3-8,13-15H,9-12,16H2,1-2H3. The number of nitrogens with zero attached hydrogens (tertiary/aromatic N) is 5. The van der Waals surface area contributed by atoms with Crippen molar-refractivity contribution in [3.05, 3.63) is 76.0 Å². The van der Waals surface area contributed by atoms with Crippen LogP contribution in [0.1, 0.15) is 11.3 Å². The summed E-state index contributed by atoms with van der Waals surface area (Å²) in [5, 5.41) is 6.11. The Balaban J connectivity index is 1.38. The molecule has 3 heterocycles. The number of aromatic nitrogens is 3. The van der Waals surface area contributed by atoms with Gasteiger partial charge in [0.15, 0.2) is 5.65 Å². The fourth-order valence-corrected chi connectivity index (χ4v) is 4.84. The Hall–Kier alpha value is -2.80. The minimum Gasteiger partial charge on any atom is -0.496 e. The van der Waals surface area contributed by atoms with Crippen molar-refractivity contribution in [1.29, 1.82) is 0 Å². The molecule has 0 saturated carbocycles. The fourth-order valence-electron chi connectivity index (χ4n) is 4.41. The van der Waals surface area contributed by atoms with Crippen LogP contribution in [0.15, 0.2) is 54.7 Å². The third-order valence-electron chi connectivity index (χ3n) is 6.08. The predicted octanol–water partition coefficient (Wildman–Crippen LogP) is 5.34. The molecule has 8 heteroatoms. The van der Waals surface area contributed by atoms with E-state index in [-0.39, 0.29) is 0 Å². The Morgan fingerprint density at radius 2 is 1.76 bits per heavy atom. The molecule has 0 aliphatic carbocycles. The normalized spacial score (nSPS) is 14.7. The second-order valence-electron chi connectivity index (χ2n) is 8.25. The number of fused-ring (bicyclic) bond motifs is 1. The fraction of sp³-hybridized carbons (Fsp3) is 0.280. The van der Waals surface area contributed by atoms with Gasteiger partial charge in [-0.3, -0.25) is 4.90 Å². The number of halogens is 2. The van der Waals surface area contributed by atoms with Gasteiger partial charge >= 0.3 is 0 Å². The van der Waals surface area contributed by atoms with Gasteiger partial charge in [-0.2, -0.15) is 9.61 Å². The van der Waals surface area contributed by atoms with Crippen molar-refractivity contribution in [3.8, 4) is 16.9 Å². The Morgan fingerprint density at radius 1 is 0.970 bits per heavy atom. The maximum atomic E-state index is 6.46. The second-order valence-corrected chi connectivity index (χ2v) is 9.09. The number of piperazine rings is 1. The molecule has 0 unspecified atom stereocenters. The van der Waals surface area contributed by atoms with E-state index in [9.17, 15) is 0 Å². The molecule has 170 valence electrons. The lowest BCUT2D eigenvalue weighted by Gasteiger charge is -2.36. The van der Waals surface area contributed by atoms with Crippen LogP contribution in [0.5, 0.6) is 5.75 Å². The van der Waals surface area contributed by atoms with E-state index in [1.165, 1.54) is 0 Å². The van der Waals surface area contributed by atoms with Crippen LogP contribution in [-0.2, 0) is 6.54 Å². The van der Waals surface area contributed by atoms with Crippen LogP contribution in [0.25, 0.3) is 16.8 Å². The molecule has 2 aromatic carbocycles. The zero-order valence-electron chi connectivity index (χ0n) is 18.6. The third kappa shape index (κ3) is 4.38. The van der Waals surface area contributed by atoms with E-state index in [4.69, 9.17) is 32.9 Å². The van der Waals surface area contributed by atoms with Crippen LogP contribution < -0.4 is 9.64 Å². The summed E-state index contributed by atoms with van der Waals surface area (Å²) in [7, 11) is 1.70. The van der Waals surface area contributed by atoms with Crippen molar-refractivity contribution in [3.63, 3.8) is 0 Å². The van der Waals surface area contributed by atoms with Gasteiger partial charge in [-0.05, 0) is 31.2 Å². The minimum atomic E-state index is 0.697. The molecular formula is C25H25Cl2N5O. The highest BCUT2D eigenvalue weighted by atomic mass is 35.5. The maximum absolute atomic E-state index is 6.46. The van der Waals surface area contributed by atoms with Gasteiger partial charge in [0, 0.05) is 71.2 Å². The smallest absolute Gasteiger partial charge is 0.165 e. The summed E-state index contributed by atoms with van der Waals surface area (Å²) in [5.41, 5.74) is 4.77. The third-order valence-corrected chi connectivity index (χ3v) is 6.64. The lowest BCUT2D eigenvalue weighted by molar-refractivity contribution is 0.245. The first-order chi connectivity index (χ1) is 16.0. The number of hydrogen-bond donors (Lipinski definition) is 0. The molecule has 4 aromatic rings. The number of benzene rings is 2. The van der Waals surface area contributed by atoms with Crippen molar-refractivity contribution in [2.45, 2.75) is 13.5 Å². The van der Waals surface area contributed by atoms with E-state index >= 15 is 0 Å².